The summed E-state index contributed by atoms with van der Waals surface area (Å²) in [6.07, 6.45) is 2.71. The number of urea groups is 1. The van der Waals surface area contributed by atoms with Crippen molar-refractivity contribution in [3.8, 4) is 0 Å². The highest BCUT2D eigenvalue weighted by molar-refractivity contribution is 6.04. The molecule has 1 aromatic rings. The lowest BCUT2D eigenvalue weighted by Crippen LogP contribution is -2.28. The maximum atomic E-state index is 11.8. The molecule has 1 saturated heterocycles. The number of carbonyl (C=O) groups is 3. The number of aromatic carboxylic acids is 1. The number of hydrogen-bond donors (Lipinski definition) is 1. The number of aryl methyl sites for hydroxylation is 1. The van der Waals surface area contributed by atoms with Gasteiger partial charge in [0.1, 0.15) is 6.04 Å². The third kappa shape index (κ3) is 2.15. The average molecular weight is 278 g/mol. The summed E-state index contributed by atoms with van der Waals surface area (Å²) in [6, 6.07) is 0.346. The first-order chi connectivity index (χ1) is 9.32. The lowest BCUT2D eigenvalue weighted by Gasteiger charge is -2.09. The van der Waals surface area contributed by atoms with E-state index < -0.39 is 23.9 Å². The minimum Gasteiger partial charge on any atom is -0.478 e. The van der Waals surface area contributed by atoms with E-state index >= 15 is 0 Å². The Bertz CT molecular complexity index is 599. The summed E-state index contributed by atoms with van der Waals surface area (Å²) in [6.45, 7) is 1.61. The lowest BCUT2D eigenvalue weighted by molar-refractivity contribution is -0.127. The summed E-state index contributed by atoms with van der Waals surface area (Å²) in [4.78, 5) is 35.7. The second-order valence-electron chi connectivity index (χ2n) is 4.53. The third-order valence-electron chi connectivity index (χ3n) is 3.23. The standard InChI is InChI=1S/C12H14N4O4/c1-7-10(17)16(12(20)15(7)3)13-5-9-4-8(11(18)19)6-14(9)2/h4-7H,1-3H3,(H,18,19). The Morgan fingerprint density at radius 3 is 2.50 bits per heavy atom. The van der Waals surface area contributed by atoms with Crippen LogP contribution in [0.1, 0.15) is 23.0 Å². The largest absolute Gasteiger partial charge is 0.478 e. The van der Waals surface area contributed by atoms with E-state index in [0.717, 1.165) is 5.01 Å². The number of nitrogens with zero attached hydrogens (tertiary/aromatic N) is 4. The topological polar surface area (TPSA) is 95.2 Å². The van der Waals surface area contributed by atoms with E-state index in [2.05, 4.69) is 5.10 Å². The number of aromatic nitrogens is 1. The molecule has 20 heavy (non-hydrogen) atoms. The molecule has 0 aliphatic carbocycles. The highest BCUT2D eigenvalue weighted by atomic mass is 16.4. The summed E-state index contributed by atoms with van der Waals surface area (Å²) in [5.41, 5.74) is 0.587. The van der Waals surface area contributed by atoms with Crippen molar-refractivity contribution < 1.29 is 19.5 Å². The Balaban J connectivity index is 2.24. The summed E-state index contributed by atoms with van der Waals surface area (Å²) in [5.74, 6) is -1.47. The molecule has 1 aliphatic heterocycles. The molecular weight excluding hydrogens is 264 g/mol. The first kappa shape index (κ1) is 13.8. The first-order valence-electron chi connectivity index (χ1n) is 5.87. The van der Waals surface area contributed by atoms with Crippen LogP contribution in [0.5, 0.6) is 0 Å². The summed E-state index contributed by atoms with van der Waals surface area (Å²) < 4.78 is 1.55. The number of hydrogen-bond acceptors (Lipinski definition) is 4. The van der Waals surface area contributed by atoms with Gasteiger partial charge in [-0.25, -0.2) is 9.59 Å². The first-order valence-corrected chi connectivity index (χ1v) is 5.87. The zero-order valence-electron chi connectivity index (χ0n) is 11.3. The van der Waals surface area contributed by atoms with Gasteiger partial charge in [-0.2, -0.15) is 5.10 Å². The van der Waals surface area contributed by atoms with E-state index in [-0.39, 0.29) is 5.56 Å². The van der Waals surface area contributed by atoms with Crippen molar-refractivity contribution in [2.45, 2.75) is 13.0 Å². The molecule has 0 radical (unpaired) electrons. The van der Waals surface area contributed by atoms with Crippen LogP contribution in [0, 0.1) is 0 Å². The molecule has 106 valence electrons. The van der Waals surface area contributed by atoms with Crippen molar-refractivity contribution in [2.24, 2.45) is 12.1 Å². The number of rotatable bonds is 3. The molecule has 0 spiro atoms. The van der Waals surface area contributed by atoms with E-state index in [1.54, 1.807) is 18.5 Å². The van der Waals surface area contributed by atoms with Crippen molar-refractivity contribution in [1.29, 1.82) is 0 Å². The van der Waals surface area contributed by atoms with Crippen LogP contribution in [0.4, 0.5) is 4.79 Å². The molecule has 1 N–H and O–H groups in total. The summed E-state index contributed by atoms with van der Waals surface area (Å²) in [7, 11) is 3.17. The molecule has 1 fully saturated rings. The highest BCUT2D eigenvalue weighted by Gasteiger charge is 2.40. The number of carboxylic acid groups (broad SMARTS) is 1. The van der Waals surface area contributed by atoms with Crippen LogP contribution < -0.4 is 0 Å². The van der Waals surface area contributed by atoms with Crippen molar-refractivity contribution in [3.05, 3.63) is 23.5 Å². The number of imide groups is 1. The van der Waals surface area contributed by atoms with Gasteiger partial charge in [-0.3, -0.25) is 4.79 Å². The van der Waals surface area contributed by atoms with Crippen LogP contribution in [-0.4, -0.2) is 56.8 Å². The van der Waals surface area contributed by atoms with Crippen LogP contribution in [0.25, 0.3) is 0 Å². The average Bonchev–Trinajstić information content (AvgIpc) is 2.85. The molecule has 1 aromatic heterocycles. The molecule has 1 atom stereocenters. The lowest BCUT2D eigenvalue weighted by atomic mass is 10.3. The molecule has 8 heteroatoms. The monoisotopic (exact) mass is 278 g/mol. The summed E-state index contributed by atoms with van der Waals surface area (Å²) in [5, 5.41) is 13.5. The SMILES string of the molecule is CC1C(=O)N(N=Cc2cc(C(=O)O)cn2C)C(=O)N1C. The van der Waals surface area contributed by atoms with Gasteiger partial charge in [0.05, 0.1) is 17.5 Å². The Labute approximate surface area is 114 Å². The van der Waals surface area contributed by atoms with Crippen LogP contribution in [0.2, 0.25) is 0 Å². The Morgan fingerprint density at radius 2 is 2.05 bits per heavy atom. The maximum absolute atomic E-state index is 11.8. The minimum absolute atomic E-state index is 0.110. The Hall–Kier alpha value is -2.64. The molecule has 1 unspecified atom stereocenters. The molecular formula is C12H14N4O4. The van der Waals surface area contributed by atoms with Crippen molar-refractivity contribution in [3.63, 3.8) is 0 Å². The zero-order chi connectivity index (χ0) is 15.0. The number of hydrazone groups is 1. The van der Waals surface area contributed by atoms with Crippen molar-refractivity contribution in [2.75, 3.05) is 7.05 Å². The fourth-order valence-corrected chi connectivity index (χ4v) is 1.80. The number of amides is 3. The smallest absolute Gasteiger partial charge is 0.348 e. The molecule has 0 bridgehead atoms. The van der Waals surface area contributed by atoms with Gasteiger partial charge in [-0.1, -0.05) is 0 Å². The molecule has 1 aliphatic rings. The van der Waals surface area contributed by atoms with Gasteiger partial charge in [0.2, 0.25) is 0 Å². The molecule has 8 nitrogen and oxygen atoms in total. The zero-order valence-corrected chi connectivity index (χ0v) is 11.3. The fraction of sp³-hybridized carbons (Fsp3) is 0.333. The van der Waals surface area contributed by atoms with Crippen molar-refractivity contribution in [1.82, 2.24) is 14.5 Å². The van der Waals surface area contributed by atoms with Gasteiger partial charge in [0, 0.05) is 20.3 Å². The van der Waals surface area contributed by atoms with Crippen molar-refractivity contribution >= 4 is 24.1 Å². The second kappa shape index (κ2) is 4.80. The Kier molecular flexibility index (Phi) is 3.31. The predicted molar refractivity (Wildman–Crippen MR) is 69.4 cm³/mol. The van der Waals surface area contributed by atoms with Gasteiger partial charge in [-0.05, 0) is 13.0 Å². The van der Waals surface area contributed by atoms with Gasteiger partial charge >= 0.3 is 12.0 Å². The molecule has 2 heterocycles. The van der Waals surface area contributed by atoms with E-state index in [0.29, 0.717) is 5.69 Å². The van der Waals surface area contributed by atoms with Gasteiger partial charge < -0.3 is 14.6 Å². The normalized spacial score (nSPS) is 19.4. The van der Waals surface area contributed by atoms with Gasteiger partial charge in [0.25, 0.3) is 5.91 Å². The summed E-state index contributed by atoms with van der Waals surface area (Å²) >= 11 is 0. The Morgan fingerprint density at radius 1 is 1.40 bits per heavy atom. The quantitative estimate of drug-likeness (QED) is 0.637. The second-order valence-corrected chi connectivity index (χ2v) is 4.53. The van der Waals surface area contributed by atoms with Crippen LogP contribution in [0.15, 0.2) is 17.4 Å². The molecule has 0 saturated carbocycles. The number of carbonyl (C=O) groups excluding carboxylic acids is 2. The van der Waals surface area contributed by atoms with E-state index in [1.165, 1.54) is 30.4 Å². The maximum Gasteiger partial charge on any atom is 0.348 e. The van der Waals surface area contributed by atoms with E-state index in [1.807, 2.05) is 0 Å². The predicted octanol–water partition coefficient (Wildman–Crippen LogP) is 0.340. The number of carboxylic acids is 1. The van der Waals surface area contributed by atoms with Gasteiger partial charge in [-0.15, -0.1) is 5.01 Å². The van der Waals surface area contributed by atoms with Gasteiger partial charge in [0.15, 0.2) is 0 Å². The third-order valence-corrected chi connectivity index (χ3v) is 3.23. The number of likely N-dealkylation sites (N-methyl/N-ethyl adjacent to an activating group) is 1. The van der Waals surface area contributed by atoms with E-state index in [9.17, 15) is 14.4 Å². The molecule has 0 aromatic carbocycles. The van der Waals surface area contributed by atoms with Crippen LogP contribution >= 0.6 is 0 Å². The molecule has 3 amide bonds. The van der Waals surface area contributed by atoms with Crippen LogP contribution in [0.3, 0.4) is 0 Å². The highest BCUT2D eigenvalue weighted by Crippen LogP contribution is 2.15. The molecule has 2 rings (SSSR count). The van der Waals surface area contributed by atoms with E-state index in [4.69, 9.17) is 5.11 Å². The van der Waals surface area contributed by atoms with Crippen LogP contribution in [-0.2, 0) is 11.8 Å². The minimum atomic E-state index is -1.05. The fourth-order valence-electron chi connectivity index (χ4n) is 1.80.